The molecule has 112 valence electrons. The van der Waals surface area contributed by atoms with Gasteiger partial charge in [0.2, 0.25) is 5.91 Å². The number of rotatable bonds is 11. The average molecular weight is 273 g/mol. The van der Waals surface area contributed by atoms with Gasteiger partial charge in [-0.25, -0.2) is 0 Å². The van der Waals surface area contributed by atoms with Gasteiger partial charge in [0.25, 0.3) is 0 Å². The third-order valence-electron chi connectivity index (χ3n) is 3.41. The molecule has 0 aromatic rings. The summed E-state index contributed by atoms with van der Waals surface area (Å²) in [5, 5.41) is 3.35. The minimum atomic E-state index is -0.692. The van der Waals surface area contributed by atoms with Crippen molar-refractivity contribution in [3.05, 3.63) is 0 Å². The zero-order valence-corrected chi connectivity index (χ0v) is 12.3. The first kappa shape index (κ1) is 16.4. The number of nitrogens with two attached hydrogens (primary N) is 1. The SMILES string of the molecule is COCCN(CCOC)CC(C)(NC1CC1)C(N)=O. The molecule has 0 spiro atoms. The minimum absolute atomic E-state index is 0.306. The molecule has 6 nitrogen and oxygen atoms in total. The van der Waals surface area contributed by atoms with Gasteiger partial charge in [0.1, 0.15) is 5.54 Å². The van der Waals surface area contributed by atoms with Crippen LogP contribution >= 0.6 is 0 Å². The van der Waals surface area contributed by atoms with Crippen LogP contribution in [-0.4, -0.2) is 69.5 Å². The average Bonchev–Trinajstić information content (AvgIpc) is 3.16. The Labute approximate surface area is 115 Å². The number of hydrogen-bond donors (Lipinski definition) is 2. The second-order valence-corrected chi connectivity index (χ2v) is 5.38. The zero-order chi connectivity index (χ0) is 14.3. The Morgan fingerprint density at radius 2 is 1.84 bits per heavy atom. The molecule has 1 saturated carbocycles. The lowest BCUT2D eigenvalue weighted by Crippen LogP contribution is -2.60. The van der Waals surface area contributed by atoms with E-state index in [0.29, 0.717) is 25.8 Å². The maximum absolute atomic E-state index is 11.7. The second kappa shape index (κ2) is 7.79. The molecule has 0 radical (unpaired) electrons. The zero-order valence-electron chi connectivity index (χ0n) is 12.3. The molecule has 0 aromatic carbocycles. The summed E-state index contributed by atoms with van der Waals surface area (Å²) in [5.74, 6) is -0.306. The number of carbonyl (C=O) groups is 1. The first-order chi connectivity index (χ1) is 9.01. The number of carbonyl (C=O) groups excluding carboxylic acids is 1. The fraction of sp³-hybridized carbons (Fsp3) is 0.923. The molecule has 3 N–H and O–H groups in total. The van der Waals surface area contributed by atoms with E-state index >= 15 is 0 Å². The van der Waals surface area contributed by atoms with E-state index in [4.69, 9.17) is 15.2 Å². The summed E-state index contributed by atoms with van der Waals surface area (Å²) in [6.45, 7) is 5.22. The molecule has 1 rings (SSSR count). The summed E-state index contributed by atoms with van der Waals surface area (Å²) in [6, 6.07) is 0.434. The van der Waals surface area contributed by atoms with Gasteiger partial charge in [-0.2, -0.15) is 0 Å². The Bertz CT molecular complexity index is 276. The van der Waals surface area contributed by atoms with Crippen molar-refractivity contribution < 1.29 is 14.3 Å². The van der Waals surface area contributed by atoms with E-state index in [2.05, 4.69) is 10.2 Å². The van der Waals surface area contributed by atoms with Crippen LogP contribution in [0.2, 0.25) is 0 Å². The van der Waals surface area contributed by atoms with Crippen LogP contribution in [0.3, 0.4) is 0 Å². The van der Waals surface area contributed by atoms with Crippen molar-refractivity contribution in [2.75, 3.05) is 47.1 Å². The van der Waals surface area contributed by atoms with Crippen LogP contribution in [0.4, 0.5) is 0 Å². The molecule has 0 aromatic heterocycles. The number of ether oxygens (including phenoxy) is 2. The second-order valence-electron chi connectivity index (χ2n) is 5.38. The number of methoxy groups -OCH3 is 2. The third-order valence-corrected chi connectivity index (χ3v) is 3.41. The normalized spacial score (nSPS) is 18.5. The van der Waals surface area contributed by atoms with Gasteiger partial charge in [-0.15, -0.1) is 0 Å². The van der Waals surface area contributed by atoms with E-state index in [1.54, 1.807) is 14.2 Å². The van der Waals surface area contributed by atoms with Crippen LogP contribution in [0.1, 0.15) is 19.8 Å². The van der Waals surface area contributed by atoms with Gasteiger partial charge in [0, 0.05) is 39.9 Å². The van der Waals surface area contributed by atoms with E-state index in [9.17, 15) is 4.79 Å². The summed E-state index contributed by atoms with van der Waals surface area (Å²) in [7, 11) is 3.34. The Morgan fingerprint density at radius 1 is 1.32 bits per heavy atom. The van der Waals surface area contributed by atoms with Gasteiger partial charge in [0.15, 0.2) is 0 Å². The summed E-state index contributed by atoms with van der Waals surface area (Å²) >= 11 is 0. The quantitative estimate of drug-likeness (QED) is 0.534. The van der Waals surface area contributed by atoms with E-state index in [-0.39, 0.29) is 5.91 Å². The summed E-state index contributed by atoms with van der Waals surface area (Å²) in [5.41, 5.74) is 4.87. The fourth-order valence-electron chi connectivity index (χ4n) is 2.03. The van der Waals surface area contributed by atoms with E-state index in [1.165, 1.54) is 0 Å². The highest BCUT2D eigenvalue weighted by atomic mass is 16.5. The largest absolute Gasteiger partial charge is 0.383 e. The molecule has 1 fully saturated rings. The lowest BCUT2D eigenvalue weighted by Gasteiger charge is -2.34. The van der Waals surface area contributed by atoms with E-state index < -0.39 is 5.54 Å². The van der Waals surface area contributed by atoms with Gasteiger partial charge in [-0.3, -0.25) is 15.0 Å². The number of nitrogens with one attached hydrogen (secondary N) is 1. The van der Waals surface area contributed by atoms with Crippen molar-refractivity contribution in [1.82, 2.24) is 10.2 Å². The van der Waals surface area contributed by atoms with Crippen molar-refractivity contribution in [3.8, 4) is 0 Å². The molecule has 1 aliphatic carbocycles. The van der Waals surface area contributed by atoms with Crippen LogP contribution in [-0.2, 0) is 14.3 Å². The van der Waals surface area contributed by atoms with Crippen molar-refractivity contribution in [3.63, 3.8) is 0 Å². The maximum atomic E-state index is 11.7. The Hall–Kier alpha value is -0.690. The standard InChI is InChI=1S/C13H27N3O3/c1-13(12(14)17,15-11-4-5-11)10-16(6-8-18-2)7-9-19-3/h11,15H,4-10H2,1-3H3,(H2,14,17). The predicted molar refractivity (Wildman–Crippen MR) is 73.9 cm³/mol. The number of hydrogen-bond acceptors (Lipinski definition) is 5. The molecular weight excluding hydrogens is 246 g/mol. The summed E-state index contributed by atoms with van der Waals surface area (Å²) in [6.07, 6.45) is 2.25. The van der Waals surface area contributed by atoms with Gasteiger partial charge in [-0.1, -0.05) is 0 Å². The maximum Gasteiger partial charge on any atom is 0.238 e. The number of amides is 1. The minimum Gasteiger partial charge on any atom is -0.383 e. The van der Waals surface area contributed by atoms with Crippen LogP contribution < -0.4 is 11.1 Å². The van der Waals surface area contributed by atoms with E-state index in [0.717, 1.165) is 25.9 Å². The molecule has 6 heteroatoms. The van der Waals surface area contributed by atoms with Crippen LogP contribution in [0, 0.1) is 0 Å². The molecule has 1 amide bonds. The Balaban J connectivity index is 2.56. The smallest absolute Gasteiger partial charge is 0.238 e. The van der Waals surface area contributed by atoms with Crippen molar-refractivity contribution in [2.24, 2.45) is 5.73 Å². The van der Waals surface area contributed by atoms with Crippen molar-refractivity contribution >= 4 is 5.91 Å². The topological polar surface area (TPSA) is 76.8 Å². The molecular formula is C13H27N3O3. The van der Waals surface area contributed by atoms with Gasteiger partial charge < -0.3 is 15.2 Å². The van der Waals surface area contributed by atoms with Crippen molar-refractivity contribution in [2.45, 2.75) is 31.3 Å². The molecule has 1 atom stereocenters. The monoisotopic (exact) mass is 273 g/mol. The summed E-state index contributed by atoms with van der Waals surface area (Å²) in [4.78, 5) is 13.9. The van der Waals surface area contributed by atoms with Gasteiger partial charge in [-0.05, 0) is 19.8 Å². The van der Waals surface area contributed by atoms with Crippen molar-refractivity contribution in [1.29, 1.82) is 0 Å². The van der Waals surface area contributed by atoms with Crippen LogP contribution in [0.15, 0.2) is 0 Å². The lowest BCUT2D eigenvalue weighted by molar-refractivity contribution is -0.124. The molecule has 0 aliphatic heterocycles. The molecule has 0 saturated heterocycles. The highest BCUT2D eigenvalue weighted by Crippen LogP contribution is 2.23. The van der Waals surface area contributed by atoms with Gasteiger partial charge >= 0.3 is 0 Å². The number of nitrogens with zero attached hydrogens (tertiary/aromatic N) is 1. The molecule has 0 bridgehead atoms. The molecule has 19 heavy (non-hydrogen) atoms. The Kier molecular flexibility index (Phi) is 6.71. The third kappa shape index (κ3) is 5.86. The van der Waals surface area contributed by atoms with Crippen LogP contribution in [0.25, 0.3) is 0 Å². The number of primary amides is 1. The van der Waals surface area contributed by atoms with E-state index in [1.807, 2.05) is 6.92 Å². The van der Waals surface area contributed by atoms with Crippen LogP contribution in [0.5, 0.6) is 0 Å². The molecule has 0 heterocycles. The lowest BCUT2D eigenvalue weighted by atomic mass is 10.0. The highest BCUT2D eigenvalue weighted by molar-refractivity contribution is 5.84. The first-order valence-electron chi connectivity index (χ1n) is 6.79. The molecule has 1 aliphatic rings. The Morgan fingerprint density at radius 3 is 2.21 bits per heavy atom. The fourth-order valence-corrected chi connectivity index (χ4v) is 2.03. The summed E-state index contributed by atoms with van der Waals surface area (Å²) < 4.78 is 10.2. The predicted octanol–water partition coefficient (Wildman–Crippen LogP) is -0.423. The first-order valence-corrected chi connectivity index (χ1v) is 6.79. The molecule has 1 unspecified atom stereocenters. The van der Waals surface area contributed by atoms with Gasteiger partial charge in [0.05, 0.1) is 13.2 Å². The highest BCUT2D eigenvalue weighted by Gasteiger charge is 2.38.